The van der Waals surface area contributed by atoms with Gasteiger partial charge in [0.15, 0.2) is 6.10 Å². The summed E-state index contributed by atoms with van der Waals surface area (Å²) in [5.41, 5.74) is 2.30. The Morgan fingerprint density at radius 3 is 2.59 bits per heavy atom. The zero-order chi connectivity index (χ0) is 19.1. The van der Waals surface area contributed by atoms with Crippen molar-refractivity contribution in [2.45, 2.75) is 26.9 Å². The maximum absolute atomic E-state index is 6.12. The van der Waals surface area contributed by atoms with Gasteiger partial charge in [0.2, 0.25) is 0 Å². The fraction of sp³-hybridized carbons (Fsp3) is 0.348. The highest BCUT2D eigenvalue weighted by Crippen LogP contribution is 2.35. The summed E-state index contributed by atoms with van der Waals surface area (Å²) in [7, 11) is 0. The Balaban J connectivity index is 1.66. The van der Waals surface area contributed by atoms with Crippen LogP contribution in [0.25, 0.3) is 5.57 Å². The van der Waals surface area contributed by atoms with Crippen molar-refractivity contribution in [1.82, 2.24) is 4.90 Å². The van der Waals surface area contributed by atoms with Crippen LogP contribution in [-0.4, -0.2) is 43.4 Å². The zero-order valence-corrected chi connectivity index (χ0v) is 16.4. The molecular formula is C23H28N2O2. The van der Waals surface area contributed by atoms with E-state index in [-0.39, 0.29) is 6.10 Å². The van der Waals surface area contributed by atoms with Crippen molar-refractivity contribution < 1.29 is 9.47 Å². The molecule has 0 saturated carbocycles. The summed E-state index contributed by atoms with van der Waals surface area (Å²) < 4.78 is 12.0. The molecule has 1 aliphatic rings. The van der Waals surface area contributed by atoms with E-state index in [2.05, 4.69) is 36.7 Å². The normalized spacial score (nSPS) is 16.1. The molecule has 2 aromatic carbocycles. The van der Waals surface area contributed by atoms with Gasteiger partial charge in [-0.25, -0.2) is 0 Å². The summed E-state index contributed by atoms with van der Waals surface area (Å²) in [5.74, 6) is 2.42. The first-order chi connectivity index (χ1) is 13.2. The Bertz CT molecular complexity index is 795. The zero-order valence-electron chi connectivity index (χ0n) is 16.4. The second-order valence-electron chi connectivity index (χ2n) is 6.59. The number of hydrogen-bond donors (Lipinski definition) is 0. The molecule has 0 saturated heterocycles. The fourth-order valence-electron chi connectivity index (χ4n) is 3.12. The van der Waals surface area contributed by atoms with Gasteiger partial charge in [-0.1, -0.05) is 32.0 Å². The van der Waals surface area contributed by atoms with E-state index in [0.29, 0.717) is 0 Å². The van der Waals surface area contributed by atoms with Crippen LogP contribution < -0.4 is 9.47 Å². The number of allylic oxidation sites excluding steroid dienone is 1. The third-order valence-electron chi connectivity index (χ3n) is 4.73. The molecule has 0 bridgehead atoms. The highest BCUT2D eigenvalue weighted by atomic mass is 16.5. The molecule has 0 aromatic heterocycles. The minimum Gasteiger partial charge on any atom is -0.480 e. The molecule has 0 spiro atoms. The summed E-state index contributed by atoms with van der Waals surface area (Å²) in [6.45, 7) is 10.3. The lowest BCUT2D eigenvalue weighted by Gasteiger charge is -2.22. The molecule has 4 heteroatoms. The van der Waals surface area contributed by atoms with Crippen molar-refractivity contribution in [2.24, 2.45) is 4.99 Å². The standard InChI is InChI=1S/C23H28N2O2/c1-4-25(5-2)14-13-24-17-21-15-18(3)22-12-11-20(16-23(22)27-21)26-19-9-7-6-8-10-19/h6-12,15-17,21H,4-5,13-14H2,1-3H3. The maximum atomic E-state index is 6.12. The summed E-state index contributed by atoms with van der Waals surface area (Å²) in [6, 6.07) is 15.8. The molecular weight excluding hydrogens is 336 g/mol. The lowest BCUT2D eigenvalue weighted by atomic mass is 10.0. The molecule has 1 unspecified atom stereocenters. The summed E-state index contributed by atoms with van der Waals surface area (Å²) >= 11 is 0. The van der Waals surface area contributed by atoms with Crippen LogP contribution in [0.4, 0.5) is 0 Å². The van der Waals surface area contributed by atoms with E-state index >= 15 is 0 Å². The highest BCUT2D eigenvalue weighted by molar-refractivity contribution is 5.78. The van der Waals surface area contributed by atoms with Crippen LogP contribution in [0, 0.1) is 0 Å². The monoisotopic (exact) mass is 364 g/mol. The van der Waals surface area contributed by atoms with Crippen molar-refractivity contribution in [3.05, 3.63) is 60.2 Å². The number of fused-ring (bicyclic) bond motifs is 1. The summed E-state index contributed by atoms with van der Waals surface area (Å²) in [6.07, 6.45) is 3.88. The quantitative estimate of drug-likeness (QED) is 0.614. The molecule has 0 fully saturated rings. The van der Waals surface area contributed by atoms with Crippen LogP contribution in [0.15, 0.2) is 59.6 Å². The fourth-order valence-corrected chi connectivity index (χ4v) is 3.12. The Hall–Kier alpha value is -2.59. The molecule has 1 atom stereocenters. The number of likely N-dealkylation sites (N-methyl/N-ethyl adjacent to an activating group) is 1. The van der Waals surface area contributed by atoms with Crippen molar-refractivity contribution in [3.63, 3.8) is 0 Å². The third-order valence-corrected chi connectivity index (χ3v) is 4.73. The molecule has 0 N–H and O–H groups in total. The average molecular weight is 364 g/mol. The molecule has 142 valence electrons. The summed E-state index contributed by atoms with van der Waals surface area (Å²) in [4.78, 5) is 6.92. The lowest BCUT2D eigenvalue weighted by Crippen LogP contribution is -2.26. The largest absolute Gasteiger partial charge is 0.480 e. The van der Waals surface area contributed by atoms with Crippen LogP contribution in [-0.2, 0) is 0 Å². The van der Waals surface area contributed by atoms with Crippen molar-refractivity contribution in [3.8, 4) is 17.2 Å². The first-order valence-electron chi connectivity index (χ1n) is 9.64. The lowest BCUT2D eigenvalue weighted by molar-refractivity contribution is 0.305. The van der Waals surface area contributed by atoms with Gasteiger partial charge in [-0.3, -0.25) is 4.99 Å². The van der Waals surface area contributed by atoms with E-state index in [4.69, 9.17) is 9.47 Å². The highest BCUT2D eigenvalue weighted by Gasteiger charge is 2.18. The van der Waals surface area contributed by atoms with E-state index in [1.165, 1.54) is 5.57 Å². The molecule has 2 aromatic rings. The van der Waals surface area contributed by atoms with Crippen molar-refractivity contribution in [2.75, 3.05) is 26.2 Å². The molecule has 0 amide bonds. The first kappa shape index (κ1) is 19.2. The van der Waals surface area contributed by atoms with Gasteiger partial charge in [0.05, 0.1) is 6.54 Å². The second-order valence-corrected chi connectivity index (χ2v) is 6.59. The molecule has 3 rings (SSSR count). The van der Waals surface area contributed by atoms with Crippen LogP contribution in [0.5, 0.6) is 17.2 Å². The van der Waals surface area contributed by atoms with Crippen LogP contribution in [0.2, 0.25) is 0 Å². The van der Waals surface area contributed by atoms with Gasteiger partial charge in [-0.2, -0.15) is 0 Å². The van der Waals surface area contributed by atoms with Crippen LogP contribution in [0.1, 0.15) is 26.3 Å². The number of rotatable bonds is 8. The van der Waals surface area contributed by atoms with Gasteiger partial charge in [0.25, 0.3) is 0 Å². The van der Waals surface area contributed by atoms with E-state index in [1.54, 1.807) is 0 Å². The number of nitrogens with zero attached hydrogens (tertiary/aromatic N) is 2. The maximum Gasteiger partial charge on any atom is 0.152 e. The van der Waals surface area contributed by atoms with Gasteiger partial charge in [-0.05, 0) is 55.9 Å². The molecule has 27 heavy (non-hydrogen) atoms. The van der Waals surface area contributed by atoms with Gasteiger partial charge in [0, 0.05) is 24.4 Å². The number of ether oxygens (including phenoxy) is 2. The predicted octanol–water partition coefficient (Wildman–Crippen LogP) is 5.06. The van der Waals surface area contributed by atoms with Crippen LogP contribution in [0.3, 0.4) is 0 Å². The van der Waals surface area contributed by atoms with E-state index in [1.807, 2.05) is 54.7 Å². The minimum atomic E-state index is -0.138. The number of para-hydroxylation sites is 1. The Morgan fingerprint density at radius 1 is 1.07 bits per heavy atom. The average Bonchev–Trinajstić information content (AvgIpc) is 2.69. The van der Waals surface area contributed by atoms with Crippen LogP contribution >= 0.6 is 0 Å². The van der Waals surface area contributed by atoms with E-state index in [9.17, 15) is 0 Å². The third kappa shape index (κ3) is 5.20. The molecule has 0 aliphatic carbocycles. The van der Waals surface area contributed by atoms with Crippen molar-refractivity contribution >= 4 is 11.8 Å². The molecule has 1 aliphatic heterocycles. The minimum absolute atomic E-state index is 0.138. The Kier molecular flexibility index (Phi) is 6.66. The molecule has 1 heterocycles. The Morgan fingerprint density at radius 2 is 1.85 bits per heavy atom. The predicted molar refractivity (Wildman–Crippen MR) is 112 cm³/mol. The topological polar surface area (TPSA) is 34.1 Å². The van der Waals surface area contributed by atoms with Crippen molar-refractivity contribution in [1.29, 1.82) is 0 Å². The number of aliphatic imine (C=N–C) groups is 1. The first-order valence-corrected chi connectivity index (χ1v) is 9.64. The van der Waals surface area contributed by atoms with Gasteiger partial charge in [0.1, 0.15) is 17.2 Å². The number of hydrogen-bond acceptors (Lipinski definition) is 4. The SMILES string of the molecule is CCN(CC)CCN=CC1C=C(C)c2ccc(Oc3ccccc3)cc2O1. The van der Waals surface area contributed by atoms with E-state index < -0.39 is 0 Å². The van der Waals surface area contributed by atoms with Gasteiger partial charge >= 0.3 is 0 Å². The number of benzene rings is 2. The summed E-state index contributed by atoms with van der Waals surface area (Å²) in [5, 5.41) is 0. The molecule has 4 nitrogen and oxygen atoms in total. The second kappa shape index (κ2) is 9.38. The van der Waals surface area contributed by atoms with Gasteiger partial charge in [-0.15, -0.1) is 0 Å². The van der Waals surface area contributed by atoms with E-state index in [0.717, 1.165) is 49.0 Å². The smallest absolute Gasteiger partial charge is 0.152 e. The van der Waals surface area contributed by atoms with Gasteiger partial charge < -0.3 is 14.4 Å². The molecule has 0 radical (unpaired) electrons. The Labute approximate surface area is 162 Å².